The number of sulfonamides is 1. The van der Waals surface area contributed by atoms with Crippen LogP contribution >= 0.6 is 0 Å². The molecule has 0 fully saturated rings. The Labute approximate surface area is 155 Å². The van der Waals surface area contributed by atoms with Crippen molar-refractivity contribution in [2.75, 3.05) is 0 Å². The number of carbonyl (C=O) groups excluding carboxylic acids is 1. The third kappa shape index (κ3) is 3.30. The Hall–Kier alpha value is -3.52. The summed E-state index contributed by atoms with van der Waals surface area (Å²) in [6, 6.07) is 16.9. The lowest BCUT2D eigenvalue weighted by atomic mass is 10.1. The van der Waals surface area contributed by atoms with Gasteiger partial charge in [-0.1, -0.05) is 24.3 Å². The minimum absolute atomic E-state index is 0.208. The summed E-state index contributed by atoms with van der Waals surface area (Å²) in [5.41, 5.74) is 1.10. The number of rotatable bonds is 4. The van der Waals surface area contributed by atoms with E-state index in [0.717, 1.165) is 16.5 Å². The van der Waals surface area contributed by atoms with Crippen LogP contribution in [0.4, 0.5) is 0 Å². The molecule has 0 saturated carbocycles. The monoisotopic (exact) mass is 378 g/mol. The first-order valence-electron chi connectivity index (χ1n) is 8.05. The number of fused-ring (bicyclic) bond motifs is 1. The molecule has 27 heavy (non-hydrogen) atoms. The smallest absolute Gasteiger partial charge is 0.268 e. The Kier molecular flexibility index (Phi) is 4.17. The van der Waals surface area contributed by atoms with E-state index in [0.29, 0.717) is 0 Å². The number of carbonyl (C=O) groups is 1. The van der Waals surface area contributed by atoms with Gasteiger partial charge in [-0.3, -0.25) is 4.79 Å². The first kappa shape index (κ1) is 16.9. The first-order chi connectivity index (χ1) is 13.0. The van der Waals surface area contributed by atoms with Crippen LogP contribution in [0.1, 0.15) is 10.4 Å². The average Bonchev–Trinajstić information content (AvgIpc) is 3.22. The van der Waals surface area contributed by atoms with Crippen molar-refractivity contribution in [3.8, 4) is 5.69 Å². The highest BCUT2D eigenvalue weighted by Crippen LogP contribution is 2.23. The highest BCUT2D eigenvalue weighted by Gasteiger charge is 2.20. The summed E-state index contributed by atoms with van der Waals surface area (Å²) in [5, 5.41) is 5.71. The van der Waals surface area contributed by atoms with Gasteiger partial charge in [0, 0.05) is 29.5 Å². The fourth-order valence-corrected chi connectivity index (χ4v) is 3.68. The Morgan fingerprint density at radius 3 is 2.59 bits per heavy atom. The van der Waals surface area contributed by atoms with Crippen molar-refractivity contribution < 1.29 is 13.2 Å². The van der Waals surface area contributed by atoms with E-state index in [1.54, 1.807) is 41.2 Å². The molecule has 134 valence electrons. The van der Waals surface area contributed by atoms with Gasteiger partial charge in [-0.05, 0) is 41.8 Å². The molecule has 0 saturated heterocycles. The predicted octanol–water partition coefficient (Wildman–Crippen LogP) is 2.54. The molecule has 0 aliphatic carbocycles. The minimum atomic E-state index is -4.03. The van der Waals surface area contributed by atoms with Gasteiger partial charge in [0.15, 0.2) is 5.03 Å². The Morgan fingerprint density at radius 1 is 0.963 bits per heavy atom. The van der Waals surface area contributed by atoms with Gasteiger partial charge in [0.25, 0.3) is 15.9 Å². The van der Waals surface area contributed by atoms with Crippen molar-refractivity contribution in [2.45, 2.75) is 5.03 Å². The standard InChI is InChI=1S/C19H14N4O3S/c24-19(22-27(25,26)18-7-1-2-10-20-18)15-8-9-16-14(13-15)5-3-6-17(16)23-12-4-11-21-23/h1-13H,(H,22,24). The first-order valence-corrected chi connectivity index (χ1v) is 9.54. The van der Waals surface area contributed by atoms with Crippen molar-refractivity contribution in [3.05, 3.63) is 84.8 Å². The Morgan fingerprint density at radius 2 is 1.85 bits per heavy atom. The lowest BCUT2D eigenvalue weighted by Crippen LogP contribution is -2.31. The van der Waals surface area contributed by atoms with E-state index in [1.807, 2.05) is 35.2 Å². The van der Waals surface area contributed by atoms with Gasteiger partial charge in [-0.25, -0.2) is 14.4 Å². The fraction of sp³-hybridized carbons (Fsp3) is 0. The number of amides is 1. The van der Waals surface area contributed by atoms with Gasteiger partial charge in [0.05, 0.1) is 5.69 Å². The SMILES string of the molecule is O=C(NS(=O)(=O)c1ccccn1)c1ccc2c(-n3cccn3)cccc2c1. The summed E-state index contributed by atoms with van der Waals surface area (Å²) in [4.78, 5) is 16.2. The van der Waals surface area contributed by atoms with Crippen LogP contribution in [0.15, 0.2) is 84.3 Å². The summed E-state index contributed by atoms with van der Waals surface area (Å²) in [5.74, 6) is -0.716. The maximum Gasteiger partial charge on any atom is 0.281 e. The van der Waals surface area contributed by atoms with Crippen molar-refractivity contribution in [2.24, 2.45) is 0 Å². The van der Waals surface area contributed by atoms with Gasteiger partial charge < -0.3 is 0 Å². The highest BCUT2D eigenvalue weighted by molar-refractivity contribution is 7.90. The Bertz CT molecular complexity index is 1220. The van der Waals surface area contributed by atoms with Gasteiger partial charge in [0.1, 0.15) is 0 Å². The predicted molar refractivity (Wildman–Crippen MR) is 100.0 cm³/mol. The highest BCUT2D eigenvalue weighted by atomic mass is 32.2. The molecule has 0 atom stereocenters. The van der Waals surface area contributed by atoms with E-state index >= 15 is 0 Å². The molecular formula is C19H14N4O3S. The van der Waals surface area contributed by atoms with E-state index in [4.69, 9.17) is 0 Å². The largest absolute Gasteiger partial charge is 0.281 e. The van der Waals surface area contributed by atoms with Crippen LogP contribution in [0.3, 0.4) is 0 Å². The third-order valence-corrected chi connectivity index (χ3v) is 5.26. The lowest BCUT2D eigenvalue weighted by molar-refractivity contribution is 0.0981. The van der Waals surface area contributed by atoms with Gasteiger partial charge in [0.2, 0.25) is 0 Å². The van der Waals surface area contributed by atoms with E-state index in [2.05, 4.69) is 10.1 Å². The van der Waals surface area contributed by atoms with Crippen molar-refractivity contribution in [1.82, 2.24) is 19.5 Å². The molecule has 0 aliphatic rings. The van der Waals surface area contributed by atoms with Crippen LogP contribution in [-0.4, -0.2) is 29.1 Å². The number of pyridine rings is 1. The van der Waals surface area contributed by atoms with Gasteiger partial charge in [-0.2, -0.15) is 13.5 Å². The normalized spacial score (nSPS) is 11.4. The summed E-state index contributed by atoms with van der Waals surface area (Å²) in [6.45, 7) is 0. The van der Waals surface area contributed by atoms with Crippen LogP contribution in [0.2, 0.25) is 0 Å². The minimum Gasteiger partial charge on any atom is -0.268 e. The molecule has 1 N–H and O–H groups in total. The van der Waals surface area contributed by atoms with Crippen molar-refractivity contribution in [3.63, 3.8) is 0 Å². The molecular weight excluding hydrogens is 364 g/mol. The van der Waals surface area contributed by atoms with Crippen LogP contribution in [0.5, 0.6) is 0 Å². The van der Waals surface area contributed by atoms with Crippen LogP contribution < -0.4 is 4.72 Å². The molecule has 2 heterocycles. The molecule has 0 unspecified atom stereocenters. The topological polar surface area (TPSA) is 94.0 Å². The number of hydrogen-bond acceptors (Lipinski definition) is 5. The summed E-state index contributed by atoms with van der Waals surface area (Å²) >= 11 is 0. The number of nitrogens with zero attached hydrogens (tertiary/aromatic N) is 3. The quantitative estimate of drug-likeness (QED) is 0.589. The Balaban J connectivity index is 1.68. The molecule has 4 rings (SSSR count). The molecule has 0 radical (unpaired) electrons. The van der Waals surface area contributed by atoms with E-state index in [-0.39, 0.29) is 10.6 Å². The molecule has 4 aromatic rings. The second-order valence-electron chi connectivity index (χ2n) is 5.77. The molecule has 2 aromatic carbocycles. The zero-order chi connectivity index (χ0) is 18.9. The molecule has 0 bridgehead atoms. The second kappa shape index (κ2) is 6.65. The zero-order valence-electron chi connectivity index (χ0n) is 14.0. The molecule has 7 nitrogen and oxygen atoms in total. The number of benzene rings is 2. The van der Waals surface area contributed by atoms with E-state index in [1.165, 1.54) is 12.3 Å². The molecule has 0 spiro atoms. The zero-order valence-corrected chi connectivity index (χ0v) is 14.8. The molecule has 2 aromatic heterocycles. The second-order valence-corrected chi connectivity index (χ2v) is 7.40. The lowest BCUT2D eigenvalue weighted by Gasteiger charge is -2.09. The van der Waals surface area contributed by atoms with Crippen molar-refractivity contribution in [1.29, 1.82) is 0 Å². The van der Waals surface area contributed by atoms with Crippen LogP contribution in [-0.2, 0) is 10.0 Å². The summed E-state index contributed by atoms with van der Waals surface area (Å²) < 4.78 is 28.3. The summed E-state index contributed by atoms with van der Waals surface area (Å²) in [7, 11) is -4.03. The summed E-state index contributed by atoms with van der Waals surface area (Å²) in [6.07, 6.45) is 4.86. The maximum absolute atomic E-state index is 12.5. The van der Waals surface area contributed by atoms with E-state index < -0.39 is 15.9 Å². The molecule has 8 heteroatoms. The third-order valence-electron chi connectivity index (χ3n) is 4.01. The fourth-order valence-electron chi connectivity index (χ4n) is 2.76. The number of nitrogens with one attached hydrogen (secondary N) is 1. The average molecular weight is 378 g/mol. The van der Waals surface area contributed by atoms with Crippen LogP contribution in [0.25, 0.3) is 16.5 Å². The molecule has 1 amide bonds. The van der Waals surface area contributed by atoms with Crippen LogP contribution in [0, 0.1) is 0 Å². The number of aromatic nitrogens is 3. The van der Waals surface area contributed by atoms with Crippen molar-refractivity contribution >= 4 is 26.7 Å². The number of hydrogen-bond donors (Lipinski definition) is 1. The van der Waals surface area contributed by atoms with Gasteiger partial charge in [-0.15, -0.1) is 0 Å². The molecule has 0 aliphatic heterocycles. The maximum atomic E-state index is 12.5. The van der Waals surface area contributed by atoms with Gasteiger partial charge >= 0.3 is 0 Å². The van der Waals surface area contributed by atoms with E-state index in [9.17, 15) is 13.2 Å².